The molecule has 0 atom stereocenters. The van der Waals surface area contributed by atoms with Crippen molar-refractivity contribution in [3.63, 3.8) is 0 Å². The Morgan fingerprint density at radius 2 is 1.21 bits per heavy atom. The molecule has 7 aromatic rings. The average Bonchev–Trinajstić information content (AvgIpc) is 3.53. The number of benzene rings is 5. The molecule has 5 aromatic carbocycles. The second-order valence-corrected chi connectivity index (χ2v) is 10.1. The number of hydrogen-bond donors (Lipinski definition) is 0. The number of rotatable bonds is 3. The van der Waals surface area contributed by atoms with Gasteiger partial charge >= 0.3 is 0 Å². The number of furan rings is 1. The maximum Gasteiger partial charge on any atom is 0.134 e. The molecule has 0 spiro atoms. The van der Waals surface area contributed by atoms with E-state index in [0.29, 0.717) is 0 Å². The lowest BCUT2D eigenvalue weighted by atomic mass is 9.96. The summed E-state index contributed by atoms with van der Waals surface area (Å²) in [6, 6.07) is 41.6. The molecule has 1 aliphatic carbocycles. The minimum Gasteiger partial charge on any atom is -0.460 e. The van der Waals surface area contributed by atoms with E-state index in [1.807, 2.05) is 0 Å². The zero-order chi connectivity index (χ0) is 25.1. The van der Waals surface area contributed by atoms with Gasteiger partial charge in [0.25, 0.3) is 0 Å². The second kappa shape index (κ2) is 8.36. The van der Waals surface area contributed by atoms with Gasteiger partial charge in [0.1, 0.15) is 11.3 Å². The van der Waals surface area contributed by atoms with Gasteiger partial charge in [-0.25, -0.2) is 0 Å². The molecule has 2 heteroatoms. The monoisotopic (exact) mass is 487 g/mol. The van der Waals surface area contributed by atoms with Gasteiger partial charge in [0.15, 0.2) is 0 Å². The van der Waals surface area contributed by atoms with Crippen LogP contribution in [0.4, 0.5) is 0 Å². The van der Waals surface area contributed by atoms with Crippen molar-refractivity contribution in [1.82, 2.24) is 4.57 Å². The Kier molecular flexibility index (Phi) is 4.68. The van der Waals surface area contributed by atoms with E-state index in [2.05, 4.69) is 132 Å². The van der Waals surface area contributed by atoms with Crippen molar-refractivity contribution in [1.29, 1.82) is 0 Å². The summed E-state index contributed by atoms with van der Waals surface area (Å²) in [7, 11) is 0. The lowest BCUT2D eigenvalue weighted by Crippen LogP contribution is -1.94. The third-order valence-corrected chi connectivity index (χ3v) is 7.84. The first kappa shape index (κ1) is 21.3. The molecule has 0 amide bonds. The van der Waals surface area contributed by atoms with E-state index in [1.54, 1.807) is 0 Å². The van der Waals surface area contributed by atoms with Crippen LogP contribution in [0, 0.1) is 0 Å². The Morgan fingerprint density at radius 3 is 1.97 bits per heavy atom. The van der Waals surface area contributed by atoms with Crippen LogP contribution in [-0.4, -0.2) is 4.57 Å². The van der Waals surface area contributed by atoms with Crippen LogP contribution < -0.4 is 0 Å². The first-order valence-corrected chi connectivity index (χ1v) is 13.2. The van der Waals surface area contributed by atoms with Gasteiger partial charge in [-0.2, -0.15) is 0 Å². The molecule has 2 heterocycles. The Labute approximate surface area is 221 Å². The molecule has 38 heavy (non-hydrogen) atoms. The Hall–Kier alpha value is -4.82. The van der Waals surface area contributed by atoms with E-state index < -0.39 is 0 Å². The summed E-state index contributed by atoms with van der Waals surface area (Å²) in [5.74, 6) is 1.11. The summed E-state index contributed by atoms with van der Waals surface area (Å²) < 4.78 is 8.51. The molecule has 8 rings (SSSR count). The standard InChI is InChI=1S/C36H25NO/c1-4-16-33-29(13-1)30-14-2-5-17-34(30)37(33)28-12-8-11-26(22-28)24-9-7-10-25(21-24)27-19-20-36-32(23-27)31-15-3-6-18-35(31)38-36/h1-5,7-17,19-23H,6,18H2. The summed E-state index contributed by atoms with van der Waals surface area (Å²) in [5, 5.41) is 3.76. The Balaban J connectivity index is 1.24. The lowest BCUT2D eigenvalue weighted by Gasteiger charge is -2.11. The van der Waals surface area contributed by atoms with Crippen LogP contribution >= 0.6 is 0 Å². The van der Waals surface area contributed by atoms with Gasteiger partial charge in [-0.15, -0.1) is 0 Å². The number of aryl methyl sites for hydroxylation is 1. The largest absolute Gasteiger partial charge is 0.460 e. The summed E-state index contributed by atoms with van der Waals surface area (Å²) in [4.78, 5) is 0. The van der Waals surface area contributed by atoms with Crippen LogP contribution in [0.5, 0.6) is 0 Å². The minimum atomic E-state index is 0.973. The third kappa shape index (κ3) is 3.27. The molecule has 180 valence electrons. The summed E-state index contributed by atoms with van der Waals surface area (Å²) in [6.45, 7) is 0. The van der Waals surface area contributed by atoms with Crippen LogP contribution in [0.2, 0.25) is 0 Å². The quantitative estimate of drug-likeness (QED) is 0.242. The molecule has 0 radical (unpaired) electrons. The van der Waals surface area contributed by atoms with Gasteiger partial charge in [0.2, 0.25) is 0 Å². The molecule has 1 aliphatic rings. The average molecular weight is 488 g/mol. The molecule has 0 saturated heterocycles. The van der Waals surface area contributed by atoms with Crippen molar-refractivity contribution >= 4 is 38.9 Å². The molecule has 0 N–H and O–H groups in total. The highest BCUT2D eigenvalue weighted by Gasteiger charge is 2.16. The molecule has 0 fully saturated rings. The zero-order valence-corrected chi connectivity index (χ0v) is 20.9. The highest BCUT2D eigenvalue weighted by atomic mass is 16.3. The number of allylic oxidation sites excluding steroid dienone is 1. The van der Waals surface area contributed by atoms with Crippen molar-refractivity contribution in [2.24, 2.45) is 0 Å². The first-order valence-electron chi connectivity index (χ1n) is 13.2. The molecule has 2 aromatic heterocycles. The highest BCUT2D eigenvalue weighted by molar-refractivity contribution is 6.09. The van der Waals surface area contributed by atoms with Crippen LogP contribution in [0.25, 0.3) is 66.8 Å². The second-order valence-electron chi connectivity index (χ2n) is 10.1. The molecule has 0 unspecified atom stereocenters. The van der Waals surface area contributed by atoms with E-state index >= 15 is 0 Å². The minimum absolute atomic E-state index is 0.973. The van der Waals surface area contributed by atoms with Crippen LogP contribution in [0.3, 0.4) is 0 Å². The normalized spacial score (nSPS) is 12.9. The maximum atomic E-state index is 6.13. The van der Waals surface area contributed by atoms with E-state index in [1.165, 1.54) is 60.7 Å². The van der Waals surface area contributed by atoms with Gasteiger partial charge in [-0.05, 0) is 71.1 Å². The van der Waals surface area contributed by atoms with Crippen molar-refractivity contribution in [3.05, 3.63) is 133 Å². The third-order valence-electron chi connectivity index (χ3n) is 7.84. The Morgan fingerprint density at radius 1 is 0.553 bits per heavy atom. The predicted octanol–water partition coefficient (Wildman–Crippen LogP) is 9.82. The van der Waals surface area contributed by atoms with Gasteiger partial charge in [-0.1, -0.05) is 84.9 Å². The number of hydrogen-bond acceptors (Lipinski definition) is 1. The molecule has 2 nitrogen and oxygen atoms in total. The molecule has 0 bridgehead atoms. The number of fused-ring (bicyclic) bond motifs is 6. The summed E-state index contributed by atoms with van der Waals surface area (Å²) in [5.41, 5.74) is 10.7. The van der Waals surface area contributed by atoms with Crippen LogP contribution in [-0.2, 0) is 6.42 Å². The fraction of sp³-hybridized carbons (Fsp3) is 0.0556. The van der Waals surface area contributed by atoms with E-state index in [0.717, 1.165) is 24.2 Å². The van der Waals surface area contributed by atoms with Crippen molar-refractivity contribution in [3.8, 4) is 27.9 Å². The number of para-hydroxylation sites is 2. The molecular weight excluding hydrogens is 462 g/mol. The molecule has 0 saturated carbocycles. The predicted molar refractivity (Wildman–Crippen MR) is 159 cm³/mol. The van der Waals surface area contributed by atoms with Crippen LogP contribution in [0.1, 0.15) is 17.7 Å². The highest BCUT2D eigenvalue weighted by Crippen LogP contribution is 2.36. The molecular formula is C36H25NO. The summed E-state index contributed by atoms with van der Waals surface area (Å²) in [6.07, 6.45) is 6.49. The number of aromatic nitrogens is 1. The maximum absolute atomic E-state index is 6.13. The fourth-order valence-corrected chi connectivity index (χ4v) is 6.03. The summed E-state index contributed by atoms with van der Waals surface area (Å²) >= 11 is 0. The zero-order valence-electron chi connectivity index (χ0n) is 20.9. The van der Waals surface area contributed by atoms with E-state index in [-0.39, 0.29) is 0 Å². The van der Waals surface area contributed by atoms with Crippen molar-refractivity contribution < 1.29 is 4.42 Å². The van der Waals surface area contributed by atoms with Gasteiger partial charge in [0.05, 0.1) is 11.0 Å². The van der Waals surface area contributed by atoms with Crippen molar-refractivity contribution in [2.45, 2.75) is 12.8 Å². The Bertz CT molecular complexity index is 1980. The fourth-order valence-electron chi connectivity index (χ4n) is 6.03. The van der Waals surface area contributed by atoms with Gasteiger partial charge < -0.3 is 8.98 Å². The first-order chi connectivity index (χ1) is 18.8. The van der Waals surface area contributed by atoms with Gasteiger partial charge in [0, 0.05) is 33.8 Å². The molecule has 0 aliphatic heterocycles. The van der Waals surface area contributed by atoms with Crippen LogP contribution in [0.15, 0.2) is 126 Å². The van der Waals surface area contributed by atoms with Gasteiger partial charge in [-0.3, -0.25) is 0 Å². The smallest absolute Gasteiger partial charge is 0.134 e. The van der Waals surface area contributed by atoms with E-state index in [9.17, 15) is 0 Å². The lowest BCUT2D eigenvalue weighted by molar-refractivity contribution is 0.546. The number of nitrogens with zero attached hydrogens (tertiary/aromatic N) is 1. The van der Waals surface area contributed by atoms with Crippen molar-refractivity contribution in [2.75, 3.05) is 0 Å². The topological polar surface area (TPSA) is 18.1 Å². The SMILES string of the molecule is C1=Cc2c(oc3ccc(-c4cccc(-c5cccc(-n6c7ccccc7c7ccccc76)c5)c4)cc23)CC1. The van der Waals surface area contributed by atoms with E-state index in [4.69, 9.17) is 4.42 Å².